The van der Waals surface area contributed by atoms with E-state index in [0.717, 1.165) is 5.56 Å². The van der Waals surface area contributed by atoms with Gasteiger partial charge in [-0.15, -0.1) is 0 Å². The van der Waals surface area contributed by atoms with Crippen LogP contribution in [0.25, 0.3) is 0 Å². The van der Waals surface area contributed by atoms with Crippen LogP contribution in [-0.2, 0) is 0 Å². The third kappa shape index (κ3) is 2.98. The molecule has 1 heterocycles. The van der Waals surface area contributed by atoms with Crippen LogP contribution in [0, 0.1) is 5.82 Å². The van der Waals surface area contributed by atoms with Crippen LogP contribution in [-0.4, -0.2) is 17.5 Å². The van der Waals surface area contributed by atoms with Crippen LogP contribution in [0.5, 0.6) is 0 Å². The highest BCUT2D eigenvalue weighted by molar-refractivity contribution is 7.99. The zero-order valence-corrected chi connectivity index (χ0v) is 10.4. The fourth-order valence-electron chi connectivity index (χ4n) is 2.13. The number of rotatable bonds is 3. The van der Waals surface area contributed by atoms with E-state index in [4.69, 9.17) is 0 Å². The minimum atomic E-state index is -0.104. The van der Waals surface area contributed by atoms with Gasteiger partial charge in [-0.05, 0) is 37.3 Å². The Balaban J connectivity index is 1.96. The van der Waals surface area contributed by atoms with E-state index in [1.54, 1.807) is 6.07 Å². The topological polar surface area (TPSA) is 12.0 Å². The smallest absolute Gasteiger partial charge is 0.127 e. The number of hydrogen-bond donors (Lipinski definition) is 1. The van der Waals surface area contributed by atoms with E-state index in [1.165, 1.54) is 30.4 Å². The maximum absolute atomic E-state index is 13.6. The molecule has 1 unspecified atom stereocenters. The SMILES string of the molecule is CC(NC1CCSCC1)c1ccccc1F. The summed E-state index contributed by atoms with van der Waals surface area (Å²) >= 11 is 2.01. The van der Waals surface area contributed by atoms with Crippen molar-refractivity contribution >= 4 is 11.8 Å². The molecule has 1 aliphatic heterocycles. The molecule has 1 saturated heterocycles. The molecule has 0 saturated carbocycles. The summed E-state index contributed by atoms with van der Waals surface area (Å²) in [6.07, 6.45) is 2.40. The van der Waals surface area contributed by atoms with E-state index in [1.807, 2.05) is 30.8 Å². The maximum Gasteiger partial charge on any atom is 0.127 e. The summed E-state index contributed by atoms with van der Waals surface area (Å²) in [4.78, 5) is 0. The predicted octanol–water partition coefficient (Wildman–Crippen LogP) is 3.37. The number of halogens is 1. The average molecular weight is 239 g/mol. The second-order valence-electron chi connectivity index (χ2n) is 4.30. The van der Waals surface area contributed by atoms with Gasteiger partial charge in [0.2, 0.25) is 0 Å². The van der Waals surface area contributed by atoms with Crippen molar-refractivity contribution in [1.82, 2.24) is 5.32 Å². The molecule has 88 valence electrons. The van der Waals surface area contributed by atoms with Gasteiger partial charge in [-0.2, -0.15) is 11.8 Å². The molecule has 2 rings (SSSR count). The Morgan fingerprint density at radius 1 is 1.31 bits per heavy atom. The highest BCUT2D eigenvalue weighted by atomic mass is 32.2. The normalized spacial score (nSPS) is 19.6. The Bertz CT molecular complexity index is 336. The van der Waals surface area contributed by atoms with Crippen molar-refractivity contribution in [3.8, 4) is 0 Å². The zero-order valence-electron chi connectivity index (χ0n) is 9.58. The molecule has 3 heteroatoms. The molecule has 1 N–H and O–H groups in total. The first kappa shape index (κ1) is 11.9. The van der Waals surface area contributed by atoms with Crippen molar-refractivity contribution in [1.29, 1.82) is 0 Å². The highest BCUT2D eigenvalue weighted by Crippen LogP contribution is 2.22. The van der Waals surface area contributed by atoms with Crippen LogP contribution in [0.4, 0.5) is 4.39 Å². The summed E-state index contributed by atoms with van der Waals surface area (Å²) in [6.45, 7) is 2.04. The number of thioether (sulfide) groups is 1. The molecular formula is C13H18FNS. The van der Waals surface area contributed by atoms with Crippen molar-refractivity contribution in [2.45, 2.75) is 31.8 Å². The van der Waals surface area contributed by atoms with Gasteiger partial charge in [-0.1, -0.05) is 18.2 Å². The third-order valence-corrected chi connectivity index (χ3v) is 4.13. The van der Waals surface area contributed by atoms with Gasteiger partial charge in [0.05, 0.1) is 0 Å². The lowest BCUT2D eigenvalue weighted by atomic mass is 10.0. The standard InChI is InChI=1S/C13H18FNS/c1-10(12-4-2-3-5-13(12)14)15-11-6-8-16-9-7-11/h2-5,10-11,15H,6-9H2,1H3. The van der Waals surface area contributed by atoms with Crippen molar-refractivity contribution < 1.29 is 4.39 Å². The molecule has 0 amide bonds. The molecule has 1 atom stereocenters. The highest BCUT2D eigenvalue weighted by Gasteiger charge is 2.17. The van der Waals surface area contributed by atoms with E-state index in [9.17, 15) is 4.39 Å². The number of benzene rings is 1. The lowest BCUT2D eigenvalue weighted by Gasteiger charge is -2.26. The summed E-state index contributed by atoms with van der Waals surface area (Å²) < 4.78 is 13.6. The maximum atomic E-state index is 13.6. The van der Waals surface area contributed by atoms with Crippen molar-refractivity contribution in [3.05, 3.63) is 35.6 Å². The third-order valence-electron chi connectivity index (χ3n) is 3.08. The molecule has 0 aromatic heterocycles. The van der Waals surface area contributed by atoms with Gasteiger partial charge in [-0.3, -0.25) is 0 Å². The summed E-state index contributed by atoms with van der Waals surface area (Å²) in [6, 6.07) is 7.69. The van der Waals surface area contributed by atoms with E-state index >= 15 is 0 Å². The molecule has 0 bridgehead atoms. The van der Waals surface area contributed by atoms with Crippen LogP contribution in [0.15, 0.2) is 24.3 Å². The van der Waals surface area contributed by atoms with Gasteiger partial charge in [0, 0.05) is 17.6 Å². The first-order valence-electron chi connectivity index (χ1n) is 5.85. The largest absolute Gasteiger partial charge is 0.307 e. The van der Waals surface area contributed by atoms with Gasteiger partial charge >= 0.3 is 0 Å². The van der Waals surface area contributed by atoms with Crippen LogP contribution in [0.1, 0.15) is 31.4 Å². The van der Waals surface area contributed by atoms with Crippen LogP contribution >= 0.6 is 11.8 Å². The molecule has 0 radical (unpaired) electrons. The zero-order chi connectivity index (χ0) is 11.4. The monoisotopic (exact) mass is 239 g/mol. The average Bonchev–Trinajstić information content (AvgIpc) is 2.31. The van der Waals surface area contributed by atoms with Gasteiger partial charge in [0.15, 0.2) is 0 Å². The molecule has 1 fully saturated rings. The summed E-state index contributed by atoms with van der Waals surface area (Å²) in [5.74, 6) is 2.34. The van der Waals surface area contributed by atoms with Crippen LogP contribution in [0.3, 0.4) is 0 Å². The lowest BCUT2D eigenvalue weighted by molar-refractivity contribution is 0.421. The van der Waals surface area contributed by atoms with E-state index in [2.05, 4.69) is 5.32 Å². The Kier molecular flexibility index (Phi) is 4.24. The van der Waals surface area contributed by atoms with E-state index < -0.39 is 0 Å². The van der Waals surface area contributed by atoms with E-state index in [-0.39, 0.29) is 11.9 Å². The molecule has 1 aliphatic rings. The van der Waals surface area contributed by atoms with Gasteiger partial charge in [0.1, 0.15) is 5.82 Å². The molecule has 1 aromatic carbocycles. The summed E-state index contributed by atoms with van der Waals surface area (Å²) in [7, 11) is 0. The Labute approximate surface area is 101 Å². The van der Waals surface area contributed by atoms with Gasteiger partial charge in [-0.25, -0.2) is 4.39 Å². The molecule has 1 nitrogen and oxygen atoms in total. The second kappa shape index (κ2) is 5.69. The quantitative estimate of drug-likeness (QED) is 0.868. The first-order valence-corrected chi connectivity index (χ1v) is 7.01. The van der Waals surface area contributed by atoms with Crippen LogP contribution < -0.4 is 5.32 Å². The van der Waals surface area contributed by atoms with Crippen molar-refractivity contribution in [2.24, 2.45) is 0 Å². The van der Waals surface area contributed by atoms with Crippen molar-refractivity contribution in [3.63, 3.8) is 0 Å². The second-order valence-corrected chi connectivity index (χ2v) is 5.52. The molecule has 16 heavy (non-hydrogen) atoms. The van der Waals surface area contributed by atoms with Crippen LogP contribution in [0.2, 0.25) is 0 Å². The fourth-order valence-corrected chi connectivity index (χ4v) is 3.24. The van der Waals surface area contributed by atoms with Crippen molar-refractivity contribution in [2.75, 3.05) is 11.5 Å². The first-order chi connectivity index (χ1) is 7.77. The number of hydrogen-bond acceptors (Lipinski definition) is 2. The Morgan fingerprint density at radius 2 is 2.00 bits per heavy atom. The predicted molar refractivity (Wildman–Crippen MR) is 68.3 cm³/mol. The molecular weight excluding hydrogens is 221 g/mol. The van der Waals surface area contributed by atoms with E-state index in [0.29, 0.717) is 6.04 Å². The van der Waals surface area contributed by atoms with Gasteiger partial charge < -0.3 is 5.32 Å². The molecule has 1 aromatic rings. The Hall–Kier alpha value is -0.540. The van der Waals surface area contributed by atoms with Gasteiger partial charge in [0.25, 0.3) is 0 Å². The molecule has 0 spiro atoms. The number of nitrogens with one attached hydrogen (secondary N) is 1. The fraction of sp³-hybridized carbons (Fsp3) is 0.538. The minimum Gasteiger partial charge on any atom is -0.307 e. The minimum absolute atomic E-state index is 0.104. The molecule has 0 aliphatic carbocycles. The Morgan fingerprint density at radius 3 is 2.69 bits per heavy atom. The summed E-state index contributed by atoms with van der Waals surface area (Å²) in [5.41, 5.74) is 0.778. The lowest BCUT2D eigenvalue weighted by Crippen LogP contribution is -2.34. The summed E-state index contributed by atoms with van der Waals surface area (Å²) in [5, 5.41) is 3.52.